The summed E-state index contributed by atoms with van der Waals surface area (Å²) in [6, 6.07) is 65.9. The summed E-state index contributed by atoms with van der Waals surface area (Å²) in [6.45, 7) is 8.72. The first-order valence-corrected chi connectivity index (χ1v) is 20.7. The Labute approximate surface area is 349 Å². The fourth-order valence-corrected chi connectivity index (χ4v) is 9.09. The highest BCUT2D eigenvalue weighted by molar-refractivity contribution is 6.12. The summed E-state index contributed by atoms with van der Waals surface area (Å²) in [5.74, 6) is 0.697. The smallest absolute Gasteiger partial charge is 0.160 e. The molecule has 3 aromatic heterocycles. The zero-order valence-electron chi connectivity index (χ0n) is 34.1. The lowest BCUT2D eigenvalue weighted by atomic mass is 9.97. The molecule has 3 heterocycles. The van der Waals surface area contributed by atoms with Gasteiger partial charge in [-0.15, -0.1) is 0 Å². The second kappa shape index (κ2) is 14.1. The zero-order chi connectivity index (χ0) is 40.5. The van der Waals surface area contributed by atoms with Crippen LogP contribution >= 0.6 is 0 Å². The van der Waals surface area contributed by atoms with E-state index < -0.39 is 0 Å². The highest BCUT2D eigenvalue weighted by Gasteiger charge is 2.22. The summed E-state index contributed by atoms with van der Waals surface area (Å²) in [7, 11) is 0. The van der Waals surface area contributed by atoms with E-state index in [1.807, 2.05) is 24.3 Å². The number of aromatic nitrogens is 4. The minimum Gasteiger partial charge on any atom is -0.309 e. The predicted octanol–water partition coefficient (Wildman–Crippen LogP) is 14.6. The Kier molecular flexibility index (Phi) is 8.35. The lowest BCUT2D eigenvalue weighted by Crippen LogP contribution is -2.02. The van der Waals surface area contributed by atoms with Crippen LogP contribution in [0.2, 0.25) is 0 Å². The second-order valence-electron chi connectivity index (χ2n) is 16.2. The normalized spacial score (nSPS) is 11.7. The van der Waals surface area contributed by atoms with Gasteiger partial charge in [-0.05, 0) is 94.4 Å². The molecule has 0 spiro atoms. The van der Waals surface area contributed by atoms with Crippen LogP contribution in [0.15, 0.2) is 182 Å². The van der Waals surface area contributed by atoms with Gasteiger partial charge in [0.1, 0.15) is 0 Å². The van der Waals surface area contributed by atoms with Crippen molar-refractivity contribution in [1.82, 2.24) is 19.1 Å². The van der Waals surface area contributed by atoms with Crippen molar-refractivity contribution < 1.29 is 0 Å². The Bertz CT molecular complexity index is 3290. The minimum absolute atomic E-state index is 0.697. The van der Waals surface area contributed by atoms with E-state index in [4.69, 9.17) is 9.97 Å². The molecule has 0 atom stereocenters. The maximum atomic E-state index is 5.29. The summed E-state index contributed by atoms with van der Waals surface area (Å²) in [6.07, 6.45) is 0. The van der Waals surface area contributed by atoms with Gasteiger partial charge in [0, 0.05) is 49.4 Å². The summed E-state index contributed by atoms with van der Waals surface area (Å²) in [5, 5.41) is 5.01. The number of hydrogen-bond acceptors (Lipinski definition) is 2. The molecule has 4 nitrogen and oxygen atoms in total. The Morgan fingerprint density at radius 1 is 0.317 bits per heavy atom. The number of fused-ring (bicyclic) bond motifs is 6. The van der Waals surface area contributed by atoms with Gasteiger partial charge in [0.05, 0.1) is 44.8 Å². The number of benzene rings is 8. The Hall–Kier alpha value is -7.56. The highest BCUT2D eigenvalue weighted by Crippen LogP contribution is 2.43. The molecule has 286 valence electrons. The van der Waals surface area contributed by atoms with Crippen LogP contribution in [0, 0.1) is 27.7 Å². The van der Waals surface area contributed by atoms with Gasteiger partial charge in [-0.25, -0.2) is 9.97 Å². The van der Waals surface area contributed by atoms with Gasteiger partial charge in [0.25, 0.3) is 0 Å². The number of rotatable bonds is 6. The van der Waals surface area contributed by atoms with E-state index in [0.717, 1.165) is 61.6 Å². The van der Waals surface area contributed by atoms with E-state index in [0.29, 0.717) is 5.82 Å². The van der Waals surface area contributed by atoms with Crippen LogP contribution in [0.3, 0.4) is 0 Å². The second-order valence-corrected chi connectivity index (χ2v) is 16.2. The summed E-state index contributed by atoms with van der Waals surface area (Å²) >= 11 is 0. The van der Waals surface area contributed by atoms with Crippen molar-refractivity contribution in [1.29, 1.82) is 0 Å². The van der Waals surface area contributed by atoms with Gasteiger partial charge in [-0.3, -0.25) is 0 Å². The monoisotopic (exact) mass is 770 g/mol. The third-order valence-corrected chi connectivity index (χ3v) is 11.9. The van der Waals surface area contributed by atoms with Crippen LogP contribution in [0.5, 0.6) is 0 Å². The van der Waals surface area contributed by atoms with E-state index in [1.165, 1.54) is 54.8 Å². The van der Waals surface area contributed by atoms with Crippen LogP contribution in [0.25, 0.3) is 100 Å². The van der Waals surface area contributed by atoms with Crippen molar-refractivity contribution in [2.45, 2.75) is 27.7 Å². The lowest BCUT2D eigenvalue weighted by molar-refractivity contribution is 1.15. The van der Waals surface area contributed by atoms with Gasteiger partial charge in [0.15, 0.2) is 5.82 Å². The van der Waals surface area contributed by atoms with Gasteiger partial charge in [-0.1, -0.05) is 138 Å². The molecule has 0 saturated heterocycles. The van der Waals surface area contributed by atoms with Crippen molar-refractivity contribution in [3.8, 4) is 56.4 Å². The molecule has 0 saturated carbocycles. The first kappa shape index (κ1) is 35.6. The van der Waals surface area contributed by atoms with Gasteiger partial charge >= 0.3 is 0 Å². The maximum Gasteiger partial charge on any atom is 0.160 e. The van der Waals surface area contributed by atoms with Crippen LogP contribution in [0.4, 0.5) is 0 Å². The number of aryl methyl sites for hydroxylation is 4. The standard InChI is InChI=1S/C56H42N4/c1-35-19-25-51-44(29-35)45-30-36(2)20-26-52(45)59(51)50-18-12-11-17-42(50)43-24-23-41(33-55(43)60-53-27-21-37(3)31-46(53)47-32-38(4)22-28-54(47)60)49-34-48(39-13-7-5-8-14-39)57-56(58-49)40-15-9-6-10-16-40/h5-34H,1-4H3. The molecule has 11 rings (SSSR count). The molecule has 0 fully saturated rings. The van der Waals surface area contributed by atoms with Crippen LogP contribution < -0.4 is 0 Å². The molecule has 0 amide bonds. The summed E-state index contributed by atoms with van der Waals surface area (Å²) in [5.41, 5.74) is 19.0. The lowest BCUT2D eigenvalue weighted by Gasteiger charge is -2.20. The highest BCUT2D eigenvalue weighted by atomic mass is 15.0. The van der Waals surface area contributed by atoms with E-state index in [2.05, 4.69) is 195 Å². The molecule has 0 aliphatic carbocycles. The van der Waals surface area contributed by atoms with Crippen LogP contribution in [-0.4, -0.2) is 19.1 Å². The van der Waals surface area contributed by atoms with Crippen LogP contribution in [0.1, 0.15) is 22.3 Å². The SMILES string of the molecule is Cc1ccc2c(c1)c1cc(C)ccc1n2-c1ccccc1-c1ccc(-c2cc(-c3ccccc3)nc(-c3ccccc3)n2)cc1-n1c2ccc(C)cc2c2cc(C)ccc21. The fourth-order valence-electron chi connectivity index (χ4n) is 9.09. The quantitative estimate of drug-likeness (QED) is 0.169. The van der Waals surface area contributed by atoms with E-state index in [-0.39, 0.29) is 0 Å². The Morgan fingerprint density at radius 3 is 1.25 bits per heavy atom. The molecule has 0 radical (unpaired) electrons. The topological polar surface area (TPSA) is 35.6 Å². The van der Waals surface area contributed by atoms with Crippen molar-refractivity contribution in [3.05, 3.63) is 204 Å². The van der Waals surface area contributed by atoms with Crippen molar-refractivity contribution in [3.63, 3.8) is 0 Å². The predicted molar refractivity (Wildman–Crippen MR) is 251 cm³/mol. The minimum atomic E-state index is 0.697. The molecule has 0 aliphatic heterocycles. The molecular formula is C56H42N4. The van der Waals surface area contributed by atoms with Gasteiger partial charge in [-0.2, -0.15) is 0 Å². The number of hydrogen-bond donors (Lipinski definition) is 0. The average molecular weight is 771 g/mol. The largest absolute Gasteiger partial charge is 0.309 e. The molecule has 0 N–H and O–H groups in total. The van der Waals surface area contributed by atoms with Gasteiger partial charge in [0.2, 0.25) is 0 Å². The summed E-state index contributed by atoms with van der Waals surface area (Å²) in [4.78, 5) is 10.4. The van der Waals surface area contributed by atoms with Crippen molar-refractivity contribution in [2.24, 2.45) is 0 Å². The Balaban J connectivity index is 1.22. The van der Waals surface area contributed by atoms with E-state index in [9.17, 15) is 0 Å². The van der Waals surface area contributed by atoms with Gasteiger partial charge < -0.3 is 9.13 Å². The van der Waals surface area contributed by atoms with E-state index >= 15 is 0 Å². The molecule has 0 bridgehead atoms. The van der Waals surface area contributed by atoms with Crippen molar-refractivity contribution >= 4 is 43.6 Å². The third-order valence-electron chi connectivity index (χ3n) is 11.9. The summed E-state index contributed by atoms with van der Waals surface area (Å²) < 4.78 is 4.92. The van der Waals surface area contributed by atoms with Crippen LogP contribution in [-0.2, 0) is 0 Å². The van der Waals surface area contributed by atoms with Crippen molar-refractivity contribution in [2.75, 3.05) is 0 Å². The first-order chi connectivity index (χ1) is 29.4. The number of para-hydroxylation sites is 1. The molecule has 4 heteroatoms. The Morgan fingerprint density at radius 2 is 0.733 bits per heavy atom. The zero-order valence-corrected chi connectivity index (χ0v) is 34.1. The first-order valence-electron chi connectivity index (χ1n) is 20.7. The molecule has 11 aromatic rings. The number of nitrogens with zero attached hydrogens (tertiary/aromatic N) is 4. The average Bonchev–Trinajstić information content (AvgIpc) is 3.77. The van der Waals surface area contributed by atoms with E-state index in [1.54, 1.807) is 0 Å². The fraction of sp³-hybridized carbons (Fsp3) is 0.0714. The molecule has 0 unspecified atom stereocenters. The molecule has 60 heavy (non-hydrogen) atoms. The third kappa shape index (κ3) is 5.91. The molecular weight excluding hydrogens is 729 g/mol. The maximum absolute atomic E-state index is 5.29. The molecule has 8 aromatic carbocycles. The molecule has 0 aliphatic rings.